The first kappa shape index (κ1) is 27.2. The summed E-state index contributed by atoms with van der Waals surface area (Å²) in [4.78, 5) is 2.33. The van der Waals surface area contributed by atoms with Gasteiger partial charge in [-0.3, -0.25) is 0 Å². The fourth-order valence-corrected chi connectivity index (χ4v) is 7.95. The molecule has 0 atom stereocenters. The highest BCUT2D eigenvalue weighted by molar-refractivity contribution is 6.11. The maximum absolute atomic E-state index is 6.67. The number of anilines is 3. The Bertz CT molecular complexity index is 2970. The molecule has 3 heterocycles. The number of aromatic nitrogens is 1. The lowest BCUT2D eigenvalue weighted by atomic mass is 9.94. The van der Waals surface area contributed by atoms with E-state index in [0.717, 1.165) is 72.7 Å². The summed E-state index contributed by atoms with van der Waals surface area (Å²) < 4.78 is 15.3. The van der Waals surface area contributed by atoms with Gasteiger partial charge in [-0.05, 0) is 83.7 Å². The fraction of sp³-hybridized carbons (Fsp3) is 0. The molecule has 11 rings (SSSR count). The maximum Gasteiger partial charge on any atom is 0.137 e. The Balaban J connectivity index is 1.16. The van der Waals surface area contributed by atoms with Gasteiger partial charge in [0.25, 0.3) is 0 Å². The lowest BCUT2D eigenvalue weighted by Gasteiger charge is -2.28. The molecule has 1 aliphatic heterocycles. The van der Waals surface area contributed by atoms with Crippen LogP contribution < -0.4 is 9.64 Å². The minimum atomic E-state index is 0.841. The molecule has 0 amide bonds. The van der Waals surface area contributed by atoms with Gasteiger partial charge in [0.2, 0.25) is 0 Å². The highest BCUT2D eigenvalue weighted by atomic mass is 16.5. The van der Waals surface area contributed by atoms with Crippen LogP contribution in [0.5, 0.6) is 11.5 Å². The van der Waals surface area contributed by atoms with Gasteiger partial charge in [0, 0.05) is 61.3 Å². The topological polar surface area (TPSA) is 30.5 Å². The van der Waals surface area contributed by atoms with Crippen LogP contribution in [0, 0.1) is 0 Å². The smallest absolute Gasteiger partial charge is 0.137 e. The van der Waals surface area contributed by atoms with Crippen molar-refractivity contribution >= 4 is 71.6 Å². The quantitative estimate of drug-likeness (QED) is 0.192. The van der Waals surface area contributed by atoms with Crippen LogP contribution in [-0.2, 0) is 0 Å². The van der Waals surface area contributed by atoms with E-state index >= 15 is 0 Å². The van der Waals surface area contributed by atoms with Crippen molar-refractivity contribution in [2.75, 3.05) is 4.90 Å². The molecule has 50 heavy (non-hydrogen) atoms. The lowest BCUT2D eigenvalue weighted by molar-refractivity contribution is 0.487. The van der Waals surface area contributed by atoms with Crippen LogP contribution in [0.3, 0.4) is 0 Å². The standard InChI is InChI=1S/C46H28N2O2/c1-2-12-30(13-3-1)48-40-17-6-4-14-34(40)35-23-20-32(27-41(35)48)47(31-22-25-43-39(26-31)36-15-5-7-18-42(36)49-43)33-21-24-37-38-16-8-10-29-11-9-19-44(46(29)38)50-45(37)28-33/h1-28H. The van der Waals surface area contributed by atoms with Crippen molar-refractivity contribution in [2.24, 2.45) is 0 Å². The molecule has 0 radical (unpaired) electrons. The number of para-hydroxylation sites is 3. The molecule has 0 fully saturated rings. The summed E-state index contributed by atoms with van der Waals surface area (Å²) in [5.41, 5.74) is 10.6. The van der Waals surface area contributed by atoms with Crippen LogP contribution in [0.2, 0.25) is 0 Å². The minimum absolute atomic E-state index is 0.841. The third kappa shape index (κ3) is 3.93. The van der Waals surface area contributed by atoms with Gasteiger partial charge in [-0.2, -0.15) is 0 Å². The van der Waals surface area contributed by atoms with Crippen molar-refractivity contribution in [1.82, 2.24) is 4.57 Å². The maximum atomic E-state index is 6.67. The van der Waals surface area contributed by atoms with E-state index in [1.165, 1.54) is 27.2 Å². The molecule has 4 heteroatoms. The number of furan rings is 1. The molecule has 0 unspecified atom stereocenters. The van der Waals surface area contributed by atoms with E-state index in [-0.39, 0.29) is 0 Å². The average molecular weight is 641 g/mol. The highest BCUT2D eigenvalue weighted by Gasteiger charge is 2.24. The van der Waals surface area contributed by atoms with Crippen molar-refractivity contribution in [3.8, 4) is 28.3 Å². The largest absolute Gasteiger partial charge is 0.456 e. The van der Waals surface area contributed by atoms with Crippen molar-refractivity contribution in [1.29, 1.82) is 0 Å². The second-order valence-electron chi connectivity index (χ2n) is 12.9. The van der Waals surface area contributed by atoms with E-state index in [4.69, 9.17) is 9.15 Å². The zero-order valence-corrected chi connectivity index (χ0v) is 26.9. The van der Waals surface area contributed by atoms with Gasteiger partial charge in [0.05, 0.1) is 11.0 Å². The van der Waals surface area contributed by atoms with Crippen molar-refractivity contribution < 1.29 is 9.15 Å². The summed E-state index contributed by atoms with van der Waals surface area (Å²) in [6, 6.07) is 60.1. The summed E-state index contributed by atoms with van der Waals surface area (Å²) in [6.45, 7) is 0. The molecule has 4 nitrogen and oxygen atoms in total. The van der Waals surface area contributed by atoms with Crippen LogP contribution in [0.1, 0.15) is 0 Å². The Morgan fingerprint density at radius 1 is 0.420 bits per heavy atom. The predicted octanol–water partition coefficient (Wildman–Crippen LogP) is 13.1. The van der Waals surface area contributed by atoms with Crippen molar-refractivity contribution in [2.45, 2.75) is 0 Å². The number of nitrogens with zero attached hydrogens (tertiary/aromatic N) is 2. The van der Waals surface area contributed by atoms with E-state index in [1.807, 2.05) is 12.1 Å². The summed E-state index contributed by atoms with van der Waals surface area (Å²) >= 11 is 0. The normalized spacial score (nSPS) is 12.2. The molecule has 2 aromatic heterocycles. The third-order valence-electron chi connectivity index (χ3n) is 10.1. The second-order valence-corrected chi connectivity index (χ2v) is 12.9. The van der Waals surface area contributed by atoms with Crippen molar-refractivity contribution in [3.05, 3.63) is 170 Å². The molecule has 234 valence electrons. The first-order valence-electron chi connectivity index (χ1n) is 16.9. The number of hydrogen-bond acceptors (Lipinski definition) is 3. The van der Waals surface area contributed by atoms with Crippen LogP contribution >= 0.6 is 0 Å². The molecule has 1 aliphatic rings. The average Bonchev–Trinajstić information content (AvgIpc) is 3.71. The number of hydrogen-bond donors (Lipinski definition) is 0. The van der Waals surface area contributed by atoms with Gasteiger partial charge in [-0.25, -0.2) is 0 Å². The molecule has 0 N–H and O–H groups in total. The molecular formula is C46H28N2O2. The van der Waals surface area contributed by atoms with Gasteiger partial charge < -0.3 is 18.6 Å². The zero-order chi connectivity index (χ0) is 32.8. The number of benzene rings is 8. The molecule has 0 spiro atoms. The summed E-state index contributed by atoms with van der Waals surface area (Å²) in [6.07, 6.45) is 0. The van der Waals surface area contributed by atoms with Gasteiger partial charge in [0.15, 0.2) is 0 Å². The molecule has 0 bridgehead atoms. The number of fused-ring (bicyclic) bond motifs is 8. The van der Waals surface area contributed by atoms with Crippen LogP contribution in [0.15, 0.2) is 174 Å². The van der Waals surface area contributed by atoms with E-state index in [9.17, 15) is 0 Å². The summed E-state index contributed by atoms with van der Waals surface area (Å²) in [5, 5.41) is 6.95. The predicted molar refractivity (Wildman–Crippen MR) is 206 cm³/mol. The Morgan fingerprint density at radius 2 is 1.12 bits per heavy atom. The third-order valence-corrected chi connectivity index (χ3v) is 10.1. The van der Waals surface area contributed by atoms with Gasteiger partial charge >= 0.3 is 0 Å². The number of ether oxygens (including phenoxy) is 1. The Kier molecular flexibility index (Phi) is 5.63. The minimum Gasteiger partial charge on any atom is -0.456 e. The molecular weight excluding hydrogens is 613 g/mol. The Morgan fingerprint density at radius 3 is 2.04 bits per heavy atom. The first-order chi connectivity index (χ1) is 24.8. The second kappa shape index (κ2) is 10.4. The molecule has 0 saturated heterocycles. The zero-order valence-electron chi connectivity index (χ0n) is 26.9. The van der Waals surface area contributed by atoms with Gasteiger partial charge in [-0.1, -0.05) is 91.0 Å². The lowest BCUT2D eigenvalue weighted by Crippen LogP contribution is -2.11. The van der Waals surface area contributed by atoms with E-state index in [0.29, 0.717) is 0 Å². The van der Waals surface area contributed by atoms with E-state index in [1.54, 1.807) is 0 Å². The monoisotopic (exact) mass is 640 g/mol. The van der Waals surface area contributed by atoms with E-state index in [2.05, 4.69) is 167 Å². The van der Waals surface area contributed by atoms with Crippen LogP contribution in [0.4, 0.5) is 17.1 Å². The Labute approximate surface area is 287 Å². The Hall–Kier alpha value is -6.78. The first-order valence-corrected chi connectivity index (χ1v) is 16.9. The van der Waals surface area contributed by atoms with Crippen LogP contribution in [0.25, 0.3) is 71.3 Å². The highest BCUT2D eigenvalue weighted by Crippen LogP contribution is 2.49. The van der Waals surface area contributed by atoms with Gasteiger partial charge in [-0.15, -0.1) is 0 Å². The SMILES string of the molecule is c1ccc(-n2c3ccccc3c3ccc(N(c4ccc5c(c4)Oc4cccc6cccc-5c46)c4ccc5oc6ccccc6c5c4)cc32)cc1. The fourth-order valence-electron chi connectivity index (χ4n) is 7.95. The van der Waals surface area contributed by atoms with Crippen LogP contribution in [-0.4, -0.2) is 4.57 Å². The molecule has 0 saturated carbocycles. The summed E-state index contributed by atoms with van der Waals surface area (Å²) in [5.74, 6) is 1.72. The molecule has 8 aromatic carbocycles. The number of rotatable bonds is 4. The molecule has 10 aromatic rings. The molecule has 0 aliphatic carbocycles. The van der Waals surface area contributed by atoms with E-state index < -0.39 is 0 Å². The van der Waals surface area contributed by atoms with Crippen molar-refractivity contribution in [3.63, 3.8) is 0 Å². The van der Waals surface area contributed by atoms with Gasteiger partial charge in [0.1, 0.15) is 22.7 Å². The summed E-state index contributed by atoms with van der Waals surface area (Å²) in [7, 11) is 0.